The fraction of sp³-hybridized carbons (Fsp3) is 0.240. The van der Waals surface area contributed by atoms with Crippen molar-refractivity contribution < 1.29 is 0 Å². The van der Waals surface area contributed by atoms with Crippen molar-refractivity contribution in [3.8, 4) is 22.3 Å². The SMILES string of the molecule is c1ccc2cc(-c3ccc4ccccc4c3N(c3ccc(-c4ccc(C5CCCCC5)cc4)cc3)c3ccc(C4CCCCC4)cc3)ccc2c1. The Morgan fingerprint density at radius 3 is 1.47 bits per heavy atom. The van der Waals surface area contributed by atoms with Crippen molar-refractivity contribution in [2.45, 2.75) is 76.0 Å². The molecule has 7 aromatic carbocycles. The third-order valence-electron chi connectivity index (χ3n) is 11.9. The maximum absolute atomic E-state index is 2.51. The minimum absolute atomic E-state index is 0.677. The summed E-state index contributed by atoms with van der Waals surface area (Å²) in [5, 5.41) is 5.02. The van der Waals surface area contributed by atoms with Crippen molar-refractivity contribution in [2.24, 2.45) is 0 Å². The van der Waals surface area contributed by atoms with Gasteiger partial charge >= 0.3 is 0 Å². The lowest BCUT2D eigenvalue weighted by Crippen LogP contribution is -2.12. The molecule has 1 nitrogen and oxygen atoms in total. The van der Waals surface area contributed by atoms with E-state index < -0.39 is 0 Å². The molecule has 2 fully saturated rings. The second kappa shape index (κ2) is 14.2. The van der Waals surface area contributed by atoms with E-state index in [1.807, 2.05) is 0 Å². The highest BCUT2D eigenvalue weighted by Crippen LogP contribution is 2.46. The van der Waals surface area contributed by atoms with Crippen LogP contribution in [0.3, 0.4) is 0 Å². The molecule has 2 aliphatic rings. The highest BCUT2D eigenvalue weighted by Gasteiger charge is 2.22. The van der Waals surface area contributed by atoms with E-state index in [1.54, 1.807) is 0 Å². The van der Waals surface area contributed by atoms with Gasteiger partial charge in [0, 0.05) is 22.3 Å². The molecule has 9 rings (SSSR count). The molecule has 0 radical (unpaired) electrons. The topological polar surface area (TPSA) is 3.24 Å². The van der Waals surface area contributed by atoms with Crippen molar-refractivity contribution in [1.29, 1.82) is 0 Å². The van der Waals surface area contributed by atoms with E-state index in [-0.39, 0.29) is 0 Å². The van der Waals surface area contributed by atoms with Crippen LogP contribution in [0.1, 0.15) is 87.2 Å². The summed E-state index contributed by atoms with van der Waals surface area (Å²) in [6.45, 7) is 0. The second-order valence-corrected chi connectivity index (χ2v) is 15.0. The van der Waals surface area contributed by atoms with Crippen molar-refractivity contribution in [1.82, 2.24) is 0 Å². The smallest absolute Gasteiger partial charge is 0.0618 e. The largest absolute Gasteiger partial charge is 0.309 e. The molecule has 0 spiro atoms. The lowest BCUT2D eigenvalue weighted by molar-refractivity contribution is 0.443. The summed E-state index contributed by atoms with van der Waals surface area (Å²) in [6.07, 6.45) is 13.5. The molecule has 0 aliphatic heterocycles. The number of hydrogen-bond acceptors (Lipinski definition) is 1. The third-order valence-corrected chi connectivity index (χ3v) is 11.9. The molecule has 0 N–H and O–H groups in total. The van der Waals surface area contributed by atoms with Crippen molar-refractivity contribution in [3.05, 3.63) is 163 Å². The van der Waals surface area contributed by atoms with Gasteiger partial charge in [-0.3, -0.25) is 0 Å². The van der Waals surface area contributed by atoms with Gasteiger partial charge in [0.25, 0.3) is 0 Å². The van der Waals surface area contributed by atoms with Crippen LogP contribution in [0.25, 0.3) is 43.8 Å². The second-order valence-electron chi connectivity index (χ2n) is 15.0. The predicted octanol–water partition coefficient (Wildman–Crippen LogP) is 14.9. The van der Waals surface area contributed by atoms with Crippen molar-refractivity contribution >= 4 is 38.6 Å². The quantitative estimate of drug-likeness (QED) is 0.164. The predicted molar refractivity (Wildman–Crippen MR) is 219 cm³/mol. The van der Waals surface area contributed by atoms with Crippen LogP contribution < -0.4 is 4.90 Å². The van der Waals surface area contributed by atoms with Crippen LogP contribution in [0.5, 0.6) is 0 Å². The monoisotopic (exact) mass is 661 g/mol. The van der Waals surface area contributed by atoms with Gasteiger partial charge in [-0.2, -0.15) is 0 Å². The number of hydrogen-bond donors (Lipinski definition) is 0. The molecule has 0 heterocycles. The first-order valence-corrected chi connectivity index (χ1v) is 19.4. The third kappa shape index (κ3) is 6.47. The van der Waals surface area contributed by atoms with Crippen LogP contribution >= 0.6 is 0 Å². The zero-order valence-electron chi connectivity index (χ0n) is 29.6. The zero-order chi connectivity index (χ0) is 34.0. The number of nitrogens with zero attached hydrogens (tertiary/aromatic N) is 1. The van der Waals surface area contributed by atoms with Crippen LogP contribution in [0.15, 0.2) is 152 Å². The van der Waals surface area contributed by atoms with Gasteiger partial charge < -0.3 is 4.90 Å². The summed E-state index contributed by atoms with van der Waals surface area (Å²) in [7, 11) is 0. The Kier molecular flexibility index (Phi) is 8.88. The van der Waals surface area contributed by atoms with Gasteiger partial charge in [-0.25, -0.2) is 0 Å². The molecule has 0 amide bonds. The Bertz CT molecular complexity index is 2250. The molecule has 0 aromatic heterocycles. The number of benzene rings is 7. The van der Waals surface area contributed by atoms with E-state index >= 15 is 0 Å². The first-order chi connectivity index (χ1) is 25.3. The summed E-state index contributed by atoms with van der Waals surface area (Å²) in [5.74, 6) is 1.40. The summed E-state index contributed by atoms with van der Waals surface area (Å²) >= 11 is 0. The van der Waals surface area contributed by atoms with Gasteiger partial charge in [-0.05, 0) is 112 Å². The highest BCUT2D eigenvalue weighted by molar-refractivity contribution is 6.07. The average molecular weight is 662 g/mol. The van der Waals surface area contributed by atoms with E-state index in [0.717, 1.165) is 5.92 Å². The van der Waals surface area contributed by atoms with Crippen molar-refractivity contribution in [2.75, 3.05) is 4.90 Å². The molecule has 0 unspecified atom stereocenters. The van der Waals surface area contributed by atoms with Crippen molar-refractivity contribution in [3.63, 3.8) is 0 Å². The average Bonchev–Trinajstić information content (AvgIpc) is 3.22. The Labute approximate surface area is 303 Å². The Balaban J connectivity index is 1.16. The van der Waals surface area contributed by atoms with Crippen LogP contribution in [-0.4, -0.2) is 0 Å². The van der Waals surface area contributed by atoms with E-state index in [0.29, 0.717) is 5.92 Å². The number of anilines is 3. The van der Waals surface area contributed by atoms with E-state index in [2.05, 4.69) is 157 Å². The van der Waals surface area contributed by atoms with E-state index in [9.17, 15) is 0 Å². The fourth-order valence-electron chi connectivity index (χ4n) is 9.01. The number of rotatable bonds is 7. The van der Waals surface area contributed by atoms with Gasteiger partial charge in [0.15, 0.2) is 0 Å². The Hall–Kier alpha value is -5.14. The molecule has 0 atom stereocenters. The standard InChI is InChI=1S/C50H47N/c1-3-11-36(12-4-1)39-19-21-40(22-20-39)42-27-32-47(33-28-42)51(46-30-25-41(26-31-46)37-13-5-2-6-14-37)50-48-18-10-9-16-43(48)29-34-49(50)45-24-23-38-15-7-8-17-44(38)35-45/h7-10,15-37H,1-6,11-14H2. The van der Waals surface area contributed by atoms with Gasteiger partial charge in [0.2, 0.25) is 0 Å². The maximum Gasteiger partial charge on any atom is 0.0618 e. The van der Waals surface area contributed by atoms with E-state index in [1.165, 1.54) is 136 Å². The minimum Gasteiger partial charge on any atom is -0.309 e. The molecule has 51 heavy (non-hydrogen) atoms. The molecule has 2 saturated carbocycles. The van der Waals surface area contributed by atoms with E-state index in [4.69, 9.17) is 0 Å². The lowest BCUT2D eigenvalue weighted by Gasteiger charge is -2.30. The first kappa shape index (κ1) is 31.8. The molecular weight excluding hydrogens is 615 g/mol. The van der Waals surface area contributed by atoms with Gasteiger partial charge in [0.1, 0.15) is 0 Å². The minimum atomic E-state index is 0.677. The number of fused-ring (bicyclic) bond motifs is 2. The molecule has 7 aromatic rings. The molecule has 0 saturated heterocycles. The summed E-state index contributed by atoms with van der Waals surface area (Å²) in [6, 6.07) is 57.3. The Morgan fingerprint density at radius 2 is 0.843 bits per heavy atom. The highest BCUT2D eigenvalue weighted by atomic mass is 15.1. The molecule has 252 valence electrons. The van der Waals surface area contributed by atoms with Gasteiger partial charge in [-0.1, -0.05) is 160 Å². The Morgan fingerprint density at radius 1 is 0.373 bits per heavy atom. The van der Waals surface area contributed by atoms with Crippen LogP contribution in [-0.2, 0) is 0 Å². The van der Waals surface area contributed by atoms with Gasteiger partial charge in [0.05, 0.1) is 5.69 Å². The van der Waals surface area contributed by atoms with Gasteiger partial charge in [-0.15, -0.1) is 0 Å². The summed E-state index contributed by atoms with van der Waals surface area (Å²) < 4.78 is 0. The van der Waals surface area contributed by atoms with Crippen LogP contribution in [0.2, 0.25) is 0 Å². The molecule has 0 bridgehead atoms. The molecule has 1 heteroatoms. The fourth-order valence-corrected chi connectivity index (χ4v) is 9.01. The normalized spacial score (nSPS) is 15.7. The molecule has 2 aliphatic carbocycles. The first-order valence-electron chi connectivity index (χ1n) is 19.4. The van der Waals surface area contributed by atoms with Crippen LogP contribution in [0.4, 0.5) is 17.1 Å². The maximum atomic E-state index is 2.51. The zero-order valence-corrected chi connectivity index (χ0v) is 29.6. The summed E-state index contributed by atoms with van der Waals surface area (Å²) in [5.41, 5.74) is 11.6. The molecular formula is C50H47N. The van der Waals surface area contributed by atoms with Crippen LogP contribution in [0, 0.1) is 0 Å². The lowest BCUT2D eigenvalue weighted by atomic mass is 9.84. The summed E-state index contributed by atoms with van der Waals surface area (Å²) in [4.78, 5) is 2.51.